The molecule has 0 radical (unpaired) electrons. The molecule has 0 unspecified atom stereocenters. The smallest absolute Gasteiger partial charge is 0.358 e. The van der Waals surface area contributed by atoms with Crippen LogP contribution in [0.4, 0.5) is 10.1 Å². The van der Waals surface area contributed by atoms with Gasteiger partial charge in [-0.15, -0.1) is 0 Å². The number of aromatic nitrogens is 2. The number of esters is 1. The number of halogens is 1. The van der Waals surface area contributed by atoms with Gasteiger partial charge in [-0.2, -0.15) is 5.10 Å². The molecule has 1 N–H and O–H groups in total. The highest BCUT2D eigenvalue weighted by Crippen LogP contribution is 2.29. The first-order chi connectivity index (χ1) is 15.5. The molecule has 0 aliphatic heterocycles. The Morgan fingerprint density at radius 3 is 2.66 bits per heavy atom. The van der Waals surface area contributed by atoms with Crippen LogP contribution in [-0.4, -0.2) is 28.3 Å². The van der Waals surface area contributed by atoms with Gasteiger partial charge in [0, 0.05) is 17.7 Å². The lowest BCUT2D eigenvalue weighted by Crippen LogP contribution is -2.15. The second kappa shape index (κ2) is 9.77. The molecule has 3 aromatic rings. The molecule has 1 saturated carbocycles. The van der Waals surface area contributed by atoms with E-state index in [1.165, 1.54) is 29.7 Å². The van der Waals surface area contributed by atoms with Crippen molar-refractivity contribution in [1.82, 2.24) is 9.78 Å². The summed E-state index contributed by atoms with van der Waals surface area (Å²) in [5.74, 6) is -0.501. The molecule has 1 heterocycles. The number of rotatable bonds is 7. The topological polar surface area (TPSA) is 73.2 Å². The van der Waals surface area contributed by atoms with Crippen LogP contribution in [0.2, 0.25) is 0 Å². The Bertz CT molecular complexity index is 1120. The van der Waals surface area contributed by atoms with Crippen molar-refractivity contribution in [2.45, 2.75) is 39.0 Å². The maximum atomic E-state index is 13.9. The Hall–Kier alpha value is -3.48. The Morgan fingerprint density at radius 1 is 1.12 bits per heavy atom. The summed E-state index contributed by atoms with van der Waals surface area (Å²) >= 11 is 0. The van der Waals surface area contributed by atoms with E-state index in [4.69, 9.17) is 4.74 Å². The minimum Gasteiger partial charge on any atom is -0.461 e. The summed E-state index contributed by atoms with van der Waals surface area (Å²) in [7, 11) is 0. The number of carbonyl (C=O) groups excluding carboxylic acids is 2. The van der Waals surface area contributed by atoms with Crippen molar-refractivity contribution in [3.05, 3.63) is 66.1 Å². The van der Waals surface area contributed by atoms with Crippen molar-refractivity contribution in [2.75, 3.05) is 11.9 Å². The zero-order chi connectivity index (χ0) is 22.5. The Kier molecular flexibility index (Phi) is 6.63. The molecule has 0 bridgehead atoms. The van der Waals surface area contributed by atoms with E-state index < -0.39 is 11.8 Å². The van der Waals surface area contributed by atoms with Crippen LogP contribution in [0.5, 0.6) is 0 Å². The van der Waals surface area contributed by atoms with Crippen molar-refractivity contribution < 1.29 is 18.7 Å². The molecule has 1 amide bonds. The first kappa shape index (κ1) is 21.7. The van der Waals surface area contributed by atoms with E-state index in [9.17, 15) is 14.0 Å². The minimum absolute atomic E-state index is 0.0000919. The van der Waals surface area contributed by atoms with E-state index in [1.807, 2.05) is 24.3 Å². The summed E-state index contributed by atoms with van der Waals surface area (Å²) in [4.78, 5) is 24.8. The van der Waals surface area contributed by atoms with Crippen molar-refractivity contribution in [1.29, 1.82) is 0 Å². The zero-order valence-electron chi connectivity index (χ0n) is 18.0. The second-order valence-electron chi connectivity index (χ2n) is 8.01. The molecule has 166 valence electrons. The molecule has 32 heavy (non-hydrogen) atoms. The predicted octanol–water partition coefficient (Wildman–Crippen LogP) is 5.37. The van der Waals surface area contributed by atoms with Gasteiger partial charge in [-0.3, -0.25) is 4.79 Å². The van der Waals surface area contributed by atoms with Crippen molar-refractivity contribution in [2.24, 2.45) is 5.92 Å². The number of benzene rings is 2. The Labute approximate surface area is 186 Å². The summed E-state index contributed by atoms with van der Waals surface area (Å²) in [5, 5.41) is 7.34. The third-order valence-corrected chi connectivity index (χ3v) is 5.64. The lowest BCUT2D eigenvalue weighted by molar-refractivity contribution is -0.117. The minimum atomic E-state index is -0.551. The van der Waals surface area contributed by atoms with Crippen molar-refractivity contribution >= 4 is 17.6 Å². The number of anilines is 1. The van der Waals surface area contributed by atoms with Gasteiger partial charge >= 0.3 is 5.97 Å². The van der Waals surface area contributed by atoms with Crippen LogP contribution >= 0.6 is 0 Å². The van der Waals surface area contributed by atoms with Gasteiger partial charge < -0.3 is 10.1 Å². The fourth-order valence-corrected chi connectivity index (χ4v) is 4.14. The first-order valence-electron chi connectivity index (χ1n) is 11.0. The van der Waals surface area contributed by atoms with E-state index in [-0.39, 0.29) is 18.2 Å². The monoisotopic (exact) mass is 435 g/mol. The van der Waals surface area contributed by atoms with Crippen LogP contribution in [0.1, 0.15) is 49.5 Å². The molecule has 7 heteroatoms. The molecule has 0 saturated heterocycles. The summed E-state index contributed by atoms with van der Waals surface area (Å²) in [6, 6.07) is 14.9. The van der Waals surface area contributed by atoms with Gasteiger partial charge in [0.15, 0.2) is 5.69 Å². The number of ether oxygens (including phenoxy) is 1. The number of nitrogens with one attached hydrogen (secondary N) is 1. The maximum absolute atomic E-state index is 13.9. The fourth-order valence-electron chi connectivity index (χ4n) is 4.14. The number of hydrogen-bond donors (Lipinski definition) is 1. The number of carbonyl (C=O) groups is 2. The summed E-state index contributed by atoms with van der Waals surface area (Å²) in [5.41, 5.74) is 2.59. The molecule has 0 spiro atoms. The zero-order valence-corrected chi connectivity index (χ0v) is 18.0. The molecular weight excluding hydrogens is 409 g/mol. The normalized spacial score (nSPS) is 13.8. The van der Waals surface area contributed by atoms with Gasteiger partial charge in [-0.05, 0) is 62.1 Å². The lowest BCUT2D eigenvalue weighted by atomic mass is 10.0. The Morgan fingerprint density at radius 2 is 1.91 bits per heavy atom. The van der Waals surface area contributed by atoms with Gasteiger partial charge in [0.2, 0.25) is 5.91 Å². The van der Waals surface area contributed by atoms with E-state index in [1.54, 1.807) is 25.1 Å². The quantitative estimate of drug-likeness (QED) is 0.506. The van der Waals surface area contributed by atoms with Gasteiger partial charge in [0.05, 0.1) is 18.0 Å². The third-order valence-electron chi connectivity index (χ3n) is 5.64. The van der Waals surface area contributed by atoms with Crippen LogP contribution in [-0.2, 0) is 9.53 Å². The van der Waals surface area contributed by atoms with Crippen LogP contribution < -0.4 is 5.32 Å². The van der Waals surface area contributed by atoms with E-state index >= 15 is 0 Å². The van der Waals surface area contributed by atoms with Crippen LogP contribution in [0, 0.1) is 11.7 Å². The lowest BCUT2D eigenvalue weighted by Gasteiger charge is -2.12. The highest BCUT2D eigenvalue weighted by molar-refractivity contribution is 5.92. The molecule has 1 aromatic heterocycles. The molecule has 1 aliphatic carbocycles. The second-order valence-corrected chi connectivity index (χ2v) is 8.01. The van der Waals surface area contributed by atoms with Crippen LogP contribution in [0.15, 0.2) is 54.6 Å². The maximum Gasteiger partial charge on any atom is 0.358 e. The molecule has 1 aliphatic rings. The van der Waals surface area contributed by atoms with E-state index in [0.717, 1.165) is 18.4 Å². The fraction of sp³-hybridized carbons (Fsp3) is 0.320. The molecule has 4 rings (SSSR count). The molecular formula is C25H26FN3O3. The number of amides is 1. The van der Waals surface area contributed by atoms with E-state index in [2.05, 4.69) is 10.4 Å². The van der Waals surface area contributed by atoms with E-state index in [0.29, 0.717) is 29.4 Å². The molecule has 6 nitrogen and oxygen atoms in total. The Balaban J connectivity index is 1.65. The molecule has 1 fully saturated rings. The summed E-state index contributed by atoms with van der Waals surface area (Å²) in [6.07, 6.45) is 5.13. The largest absolute Gasteiger partial charge is 0.461 e. The summed E-state index contributed by atoms with van der Waals surface area (Å²) in [6.45, 7) is 1.95. The van der Waals surface area contributed by atoms with Crippen molar-refractivity contribution in [3.63, 3.8) is 0 Å². The standard InChI is InChI=1S/C25H26FN3O3/c1-2-32-25(31)22-16-23(29(28-22)21-12-6-10-19(26)15-21)18-9-5-11-20(14-18)27-24(30)13-17-7-3-4-8-17/h5-6,9-12,14-17H,2-4,7-8,13H2,1H3,(H,27,30). The van der Waals surface area contributed by atoms with Crippen LogP contribution in [0.25, 0.3) is 16.9 Å². The van der Waals surface area contributed by atoms with Gasteiger partial charge in [-0.25, -0.2) is 13.9 Å². The van der Waals surface area contributed by atoms with Gasteiger partial charge in [-0.1, -0.05) is 31.0 Å². The highest BCUT2D eigenvalue weighted by Gasteiger charge is 2.20. The average molecular weight is 435 g/mol. The number of hydrogen-bond acceptors (Lipinski definition) is 4. The van der Waals surface area contributed by atoms with Gasteiger partial charge in [0.1, 0.15) is 5.82 Å². The third kappa shape index (κ3) is 5.04. The summed E-state index contributed by atoms with van der Waals surface area (Å²) < 4.78 is 20.5. The predicted molar refractivity (Wildman–Crippen MR) is 120 cm³/mol. The average Bonchev–Trinajstić information content (AvgIpc) is 3.44. The first-order valence-corrected chi connectivity index (χ1v) is 11.0. The number of nitrogens with zero attached hydrogens (tertiary/aromatic N) is 2. The van der Waals surface area contributed by atoms with Crippen LogP contribution in [0.3, 0.4) is 0 Å². The molecule has 2 aromatic carbocycles. The van der Waals surface area contributed by atoms with Crippen molar-refractivity contribution in [3.8, 4) is 16.9 Å². The SMILES string of the molecule is CCOC(=O)c1cc(-c2cccc(NC(=O)CC3CCCC3)c2)n(-c2cccc(F)c2)n1. The highest BCUT2D eigenvalue weighted by atomic mass is 19.1. The van der Waals surface area contributed by atoms with Gasteiger partial charge in [0.25, 0.3) is 0 Å². The molecule has 0 atom stereocenters.